The first-order valence-corrected chi connectivity index (χ1v) is 6.75. The average molecular weight is 297 g/mol. The minimum Gasteiger partial charge on any atom is -0.384 e. The Morgan fingerprint density at radius 2 is 2.06 bits per heavy atom. The molecule has 0 radical (unpaired) electrons. The first-order chi connectivity index (χ1) is 7.59. The van der Waals surface area contributed by atoms with Gasteiger partial charge < -0.3 is 5.11 Å². The SMILES string of the molecule is Cc1cc(C(O)c2cccc(C)c2Br)cs1. The van der Waals surface area contributed by atoms with E-state index < -0.39 is 6.10 Å². The molecule has 0 spiro atoms. The highest BCUT2D eigenvalue weighted by molar-refractivity contribution is 9.10. The largest absolute Gasteiger partial charge is 0.384 e. The van der Waals surface area contributed by atoms with Crippen LogP contribution in [-0.4, -0.2) is 5.11 Å². The zero-order chi connectivity index (χ0) is 11.7. The molecule has 0 bridgehead atoms. The molecule has 0 aliphatic heterocycles. The Morgan fingerprint density at radius 1 is 1.31 bits per heavy atom. The lowest BCUT2D eigenvalue weighted by Crippen LogP contribution is -1.99. The van der Waals surface area contributed by atoms with Crippen molar-refractivity contribution in [2.75, 3.05) is 0 Å². The van der Waals surface area contributed by atoms with Crippen molar-refractivity contribution in [1.82, 2.24) is 0 Å². The summed E-state index contributed by atoms with van der Waals surface area (Å²) in [4.78, 5) is 1.22. The van der Waals surface area contributed by atoms with Crippen molar-refractivity contribution in [1.29, 1.82) is 0 Å². The van der Waals surface area contributed by atoms with Gasteiger partial charge in [0, 0.05) is 9.35 Å². The van der Waals surface area contributed by atoms with Crippen molar-refractivity contribution in [3.8, 4) is 0 Å². The zero-order valence-corrected chi connectivity index (χ0v) is 11.6. The Morgan fingerprint density at radius 3 is 2.69 bits per heavy atom. The molecule has 84 valence electrons. The molecule has 0 amide bonds. The number of rotatable bonds is 2. The number of aliphatic hydroxyl groups is 1. The molecule has 0 aliphatic rings. The Hall–Kier alpha value is -0.640. The van der Waals surface area contributed by atoms with Gasteiger partial charge in [0.05, 0.1) is 0 Å². The van der Waals surface area contributed by atoms with Crippen molar-refractivity contribution in [3.63, 3.8) is 0 Å². The maximum atomic E-state index is 10.3. The lowest BCUT2D eigenvalue weighted by Gasteiger charge is -2.13. The Bertz CT molecular complexity index is 504. The second-order valence-electron chi connectivity index (χ2n) is 3.87. The van der Waals surface area contributed by atoms with E-state index in [4.69, 9.17) is 0 Å². The van der Waals surface area contributed by atoms with Crippen LogP contribution in [-0.2, 0) is 0 Å². The molecule has 0 saturated heterocycles. The number of hydrogen-bond donors (Lipinski definition) is 1. The molecular formula is C13H13BrOS. The molecule has 16 heavy (non-hydrogen) atoms. The van der Waals surface area contributed by atoms with Crippen molar-refractivity contribution < 1.29 is 5.11 Å². The van der Waals surface area contributed by atoms with Crippen LogP contribution in [0.15, 0.2) is 34.1 Å². The Labute approximate surface area is 108 Å². The molecule has 1 aromatic carbocycles. The van der Waals surface area contributed by atoms with Gasteiger partial charge in [0.1, 0.15) is 6.10 Å². The van der Waals surface area contributed by atoms with E-state index in [1.54, 1.807) is 11.3 Å². The summed E-state index contributed by atoms with van der Waals surface area (Å²) >= 11 is 5.19. The highest BCUT2D eigenvalue weighted by atomic mass is 79.9. The highest BCUT2D eigenvalue weighted by Crippen LogP contribution is 2.32. The van der Waals surface area contributed by atoms with Gasteiger partial charge >= 0.3 is 0 Å². The smallest absolute Gasteiger partial charge is 0.106 e. The van der Waals surface area contributed by atoms with Crippen molar-refractivity contribution in [2.24, 2.45) is 0 Å². The molecule has 1 nitrogen and oxygen atoms in total. The van der Waals surface area contributed by atoms with E-state index in [1.807, 2.05) is 43.5 Å². The minimum atomic E-state index is -0.542. The summed E-state index contributed by atoms with van der Waals surface area (Å²) in [5, 5.41) is 12.3. The van der Waals surface area contributed by atoms with E-state index in [-0.39, 0.29) is 0 Å². The average Bonchev–Trinajstić information content (AvgIpc) is 2.68. The summed E-state index contributed by atoms with van der Waals surface area (Å²) in [5.41, 5.74) is 3.04. The van der Waals surface area contributed by atoms with Crippen LogP contribution in [0.4, 0.5) is 0 Å². The van der Waals surface area contributed by atoms with Gasteiger partial charge in [0.2, 0.25) is 0 Å². The summed E-state index contributed by atoms with van der Waals surface area (Å²) in [6.45, 7) is 4.07. The molecule has 3 heteroatoms. The number of aryl methyl sites for hydroxylation is 2. The van der Waals surface area contributed by atoms with E-state index in [1.165, 1.54) is 4.88 Å². The molecule has 1 N–H and O–H groups in total. The van der Waals surface area contributed by atoms with Crippen LogP contribution in [0.3, 0.4) is 0 Å². The van der Waals surface area contributed by atoms with Gasteiger partial charge in [-0.05, 0) is 42.0 Å². The van der Waals surface area contributed by atoms with Crippen LogP contribution in [0, 0.1) is 13.8 Å². The van der Waals surface area contributed by atoms with Crippen LogP contribution < -0.4 is 0 Å². The summed E-state index contributed by atoms with van der Waals surface area (Å²) in [6.07, 6.45) is -0.542. The molecule has 1 aromatic heterocycles. The lowest BCUT2D eigenvalue weighted by molar-refractivity contribution is 0.220. The van der Waals surface area contributed by atoms with Gasteiger partial charge in [0.15, 0.2) is 0 Å². The van der Waals surface area contributed by atoms with Gasteiger partial charge in [-0.15, -0.1) is 11.3 Å². The number of thiophene rings is 1. The summed E-state index contributed by atoms with van der Waals surface area (Å²) in [5.74, 6) is 0. The van der Waals surface area contributed by atoms with E-state index in [0.717, 1.165) is 21.2 Å². The maximum absolute atomic E-state index is 10.3. The molecule has 1 unspecified atom stereocenters. The van der Waals surface area contributed by atoms with Crippen LogP contribution in [0.5, 0.6) is 0 Å². The predicted molar refractivity (Wildman–Crippen MR) is 72.0 cm³/mol. The van der Waals surface area contributed by atoms with E-state index in [9.17, 15) is 5.11 Å². The highest BCUT2D eigenvalue weighted by Gasteiger charge is 2.15. The van der Waals surface area contributed by atoms with Crippen LogP contribution in [0.2, 0.25) is 0 Å². The molecule has 1 atom stereocenters. The first kappa shape index (κ1) is 11.8. The van der Waals surface area contributed by atoms with Crippen LogP contribution >= 0.6 is 27.3 Å². The summed E-state index contributed by atoms with van der Waals surface area (Å²) in [7, 11) is 0. The molecule has 0 saturated carbocycles. The van der Waals surface area contributed by atoms with Gasteiger partial charge in [-0.25, -0.2) is 0 Å². The third-order valence-electron chi connectivity index (χ3n) is 2.58. The first-order valence-electron chi connectivity index (χ1n) is 5.07. The second-order valence-corrected chi connectivity index (χ2v) is 5.78. The molecule has 1 heterocycles. The van der Waals surface area contributed by atoms with Gasteiger partial charge in [0.25, 0.3) is 0 Å². The predicted octanol–water partition coefficient (Wildman–Crippen LogP) is 4.21. The summed E-state index contributed by atoms with van der Waals surface area (Å²) < 4.78 is 0.992. The molecular weight excluding hydrogens is 284 g/mol. The minimum absolute atomic E-state index is 0.542. The maximum Gasteiger partial charge on any atom is 0.106 e. The van der Waals surface area contributed by atoms with E-state index in [0.29, 0.717) is 0 Å². The lowest BCUT2D eigenvalue weighted by atomic mass is 10.0. The molecule has 0 aliphatic carbocycles. The van der Waals surface area contributed by atoms with Crippen molar-refractivity contribution >= 4 is 27.3 Å². The monoisotopic (exact) mass is 296 g/mol. The molecule has 2 aromatic rings. The fourth-order valence-corrected chi connectivity index (χ4v) is 2.87. The summed E-state index contributed by atoms with van der Waals surface area (Å²) in [6, 6.07) is 7.98. The topological polar surface area (TPSA) is 20.2 Å². The van der Waals surface area contributed by atoms with Gasteiger partial charge in [-0.1, -0.05) is 34.1 Å². The number of halogens is 1. The number of hydrogen-bond acceptors (Lipinski definition) is 2. The van der Waals surface area contributed by atoms with Gasteiger partial charge in [-0.3, -0.25) is 0 Å². The van der Waals surface area contributed by atoms with Crippen LogP contribution in [0.25, 0.3) is 0 Å². The third kappa shape index (κ3) is 2.21. The van der Waals surface area contributed by atoms with Gasteiger partial charge in [-0.2, -0.15) is 0 Å². The fourth-order valence-electron chi connectivity index (χ4n) is 1.67. The van der Waals surface area contributed by atoms with Crippen LogP contribution in [0.1, 0.15) is 27.7 Å². The molecule has 2 rings (SSSR count). The number of aliphatic hydroxyl groups excluding tert-OH is 1. The standard InChI is InChI=1S/C13H13BrOS/c1-8-4-3-5-11(12(8)14)13(15)10-6-9(2)16-7-10/h3-7,13,15H,1-2H3. The quantitative estimate of drug-likeness (QED) is 0.880. The number of benzene rings is 1. The fraction of sp³-hybridized carbons (Fsp3) is 0.231. The zero-order valence-electron chi connectivity index (χ0n) is 9.20. The molecule has 0 fully saturated rings. The third-order valence-corrected chi connectivity index (χ3v) is 4.55. The Kier molecular flexibility index (Phi) is 3.47. The van der Waals surface area contributed by atoms with Crippen molar-refractivity contribution in [2.45, 2.75) is 20.0 Å². The normalized spacial score (nSPS) is 12.8. The van der Waals surface area contributed by atoms with Crippen molar-refractivity contribution in [3.05, 3.63) is 55.7 Å². The van der Waals surface area contributed by atoms with E-state index >= 15 is 0 Å². The Balaban J connectivity index is 2.41. The second kappa shape index (κ2) is 4.70. The van der Waals surface area contributed by atoms with E-state index in [2.05, 4.69) is 15.9 Å².